The van der Waals surface area contributed by atoms with Crippen molar-refractivity contribution in [1.29, 1.82) is 0 Å². The highest BCUT2D eigenvalue weighted by Gasteiger charge is 2.14. The summed E-state index contributed by atoms with van der Waals surface area (Å²) in [5.74, 6) is 1.85. The summed E-state index contributed by atoms with van der Waals surface area (Å²) in [4.78, 5) is 24.4. The standard InChI is InChI=1S/C24H29NO2S/c1-18-6-8-19(9-7-18)17-28-15-14-25-24(27)13-12-23(26)22-11-10-20-4-2-3-5-21(20)16-22/h6-11,16H,2-5,12-15,17H2,1H3,(H,25,27). The Hall–Kier alpha value is -2.07. The Morgan fingerprint density at radius 2 is 1.71 bits per heavy atom. The number of thioether (sulfide) groups is 1. The largest absolute Gasteiger partial charge is 0.355 e. The number of hydrogen-bond acceptors (Lipinski definition) is 3. The fraction of sp³-hybridized carbons (Fsp3) is 0.417. The molecule has 1 amide bonds. The molecule has 0 spiro atoms. The van der Waals surface area contributed by atoms with Crippen molar-refractivity contribution in [2.45, 2.75) is 51.2 Å². The lowest BCUT2D eigenvalue weighted by Crippen LogP contribution is -2.26. The highest BCUT2D eigenvalue weighted by atomic mass is 32.2. The summed E-state index contributed by atoms with van der Waals surface area (Å²) in [6, 6.07) is 14.6. The zero-order chi connectivity index (χ0) is 19.8. The Balaban J connectivity index is 1.32. The summed E-state index contributed by atoms with van der Waals surface area (Å²) in [6.07, 6.45) is 5.17. The Bertz CT molecular complexity index is 814. The summed E-state index contributed by atoms with van der Waals surface area (Å²) in [5, 5.41) is 2.92. The number of amides is 1. The minimum atomic E-state index is -0.0396. The Kier molecular flexibility index (Phi) is 7.72. The van der Waals surface area contributed by atoms with Gasteiger partial charge in [0, 0.05) is 36.5 Å². The van der Waals surface area contributed by atoms with E-state index < -0.39 is 0 Å². The van der Waals surface area contributed by atoms with E-state index in [0.717, 1.165) is 29.9 Å². The predicted octanol–water partition coefficient (Wildman–Crippen LogP) is 4.89. The second-order valence-corrected chi connectivity index (χ2v) is 8.61. The zero-order valence-electron chi connectivity index (χ0n) is 16.6. The van der Waals surface area contributed by atoms with Gasteiger partial charge in [-0.3, -0.25) is 9.59 Å². The van der Waals surface area contributed by atoms with Gasteiger partial charge in [0.2, 0.25) is 5.91 Å². The van der Waals surface area contributed by atoms with E-state index in [2.05, 4.69) is 42.6 Å². The third-order valence-electron chi connectivity index (χ3n) is 5.21. The molecule has 3 nitrogen and oxygen atoms in total. The molecule has 0 saturated heterocycles. The van der Waals surface area contributed by atoms with Gasteiger partial charge in [0.05, 0.1) is 0 Å². The van der Waals surface area contributed by atoms with E-state index in [1.807, 2.05) is 12.1 Å². The van der Waals surface area contributed by atoms with Gasteiger partial charge in [-0.2, -0.15) is 11.8 Å². The topological polar surface area (TPSA) is 46.2 Å². The van der Waals surface area contributed by atoms with Gasteiger partial charge in [0.25, 0.3) is 0 Å². The van der Waals surface area contributed by atoms with Crippen LogP contribution in [0.5, 0.6) is 0 Å². The van der Waals surface area contributed by atoms with Crippen molar-refractivity contribution in [2.24, 2.45) is 0 Å². The van der Waals surface area contributed by atoms with Gasteiger partial charge in [0.15, 0.2) is 5.78 Å². The van der Waals surface area contributed by atoms with Crippen molar-refractivity contribution in [2.75, 3.05) is 12.3 Å². The van der Waals surface area contributed by atoms with Gasteiger partial charge in [-0.25, -0.2) is 0 Å². The molecule has 0 bridgehead atoms. The molecule has 1 aliphatic carbocycles. The third kappa shape index (κ3) is 6.23. The van der Waals surface area contributed by atoms with Gasteiger partial charge in [-0.15, -0.1) is 0 Å². The van der Waals surface area contributed by atoms with Crippen LogP contribution in [0.15, 0.2) is 42.5 Å². The van der Waals surface area contributed by atoms with Crippen LogP contribution in [0.2, 0.25) is 0 Å². The molecular weight excluding hydrogens is 366 g/mol. The molecule has 1 aliphatic rings. The highest BCUT2D eigenvalue weighted by molar-refractivity contribution is 7.98. The number of nitrogens with one attached hydrogen (secondary N) is 1. The minimum absolute atomic E-state index is 0.0396. The quantitative estimate of drug-likeness (QED) is 0.486. The van der Waals surface area contributed by atoms with E-state index in [1.165, 1.54) is 35.1 Å². The number of ketones is 1. The lowest BCUT2D eigenvalue weighted by Gasteiger charge is -2.16. The van der Waals surface area contributed by atoms with Crippen LogP contribution in [0, 0.1) is 6.92 Å². The number of aryl methyl sites for hydroxylation is 3. The molecule has 3 rings (SSSR count). The second-order valence-electron chi connectivity index (χ2n) is 7.50. The van der Waals surface area contributed by atoms with E-state index >= 15 is 0 Å². The zero-order valence-corrected chi connectivity index (χ0v) is 17.4. The summed E-state index contributed by atoms with van der Waals surface area (Å²) in [6.45, 7) is 2.73. The second kappa shape index (κ2) is 10.5. The Morgan fingerprint density at radius 3 is 2.50 bits per heavy atom. The van der Waals surface area contributed by atoms with Crippen LogP contribution in [-0.4, -0.2) is 24.0 Å². The first kappa shape index (κ1) is 20.7. The first-order chi connectivity index (χ1) is 13.6. The maximum Gasteiger partial charge on any atom is 0.220 e. The molecule has 0 aliphatic heterocycles. The molecule has 4 heteroatoms. The van der Waals surface area contributed by atoms with Crippen LogP contribution in [0.3, 0.4) is 0 Å². The average molecular weight is 396 g/mol. The van der Waals surface area contributed by atoms with Gasteiger partial charge < -0.3 is 5.32 Å². The summed E-state index contributed by atoms with van der Waals surface area (Å²) >= 11 is 1.81. The monoisotopic (exact) mass is 395 g/mol. The molecule has 0 radical (unpaired) electrons. The lowest BCUT2D eigenvalue weighted by atomic mass is 9.89. The fourth-order valence-electron chi connectivity index (χ4n) is 3.50. The average Bonchev–Trinajstić information content (AvgIpc) is 2.72. The van der Waals surface area contributed by atoms with E-state index in [-0.39, 0.29) is 24.5 Å². The first-order valence-corrected chi connectivity index (χ1v) is 11.3. The van der Waals surface area contributed by atoms with Crippen LogP contribution >= 0.6 is 11.8 Å². The van der Waals surface area contributed by atoms with Crippen molar-refractivity contribution in [1.82, 2.24) is 5.32 Å². The predicted molar refractivity (Wildman–Crippen MR) is 117 cm³/mol. The van der Waals surface area contributed by atoms with Crippen LogP contribution in [0.1, 0.15) is 58.3 Å². The number of carbonyl (C=O) groups is 2. The van der Waals surface area contributed by atoms with Crippen molar-refractivity contribution >= 4 is 23.5 Å². The Morgan fingerprint density at radius 1 is 0.964 bits per heavy atom. The van der Waals surface area contributed by atoms with E-state index in [4.69, 9.17) is 0 Å². The highest BCUT2D eigenvalue weighted by Crippen LogP contribution is 2.23. The van der Waals surface area contributed by atoms with Gasteiger partial charge in [0.1, 0.15) is 0 Å². The number of carbonyl (C=O) groups excluding carboxylic acids is 2. The maximum absolute atomic E-state index is 12.4. The number of benzene rings is 2. The van der Waals surface area contributed by atoms with Crippen LogP contribution in [0.4, 0.5) is 0 Å². The number of Topliss-reactive ketones (excluding diaryl/α,β-unsaturated/α-hetero) is 1. The molecule has 2 aromatic rings. The van der Waals surface area contributed by atoms with Gasteiger partial charge >= 0.3 is 0 Å². The van der Waals surface area contributed by atoms with E-state index in [1.54, 1.807) is 11.8 Å². The molecule has 0 fully saturated rings. The molecule has 0 saturated carbocycles. The molecule has 0 atom stereocenters. The molecular formula is C24H29NO2S. The number of hydrogen-bond donors (Lipinski definition) is 1. The minimum Gasteiger partial charge on any atom is -0.355 e. The normalized spacial score (nSPS) is 13.0. The third-order valence-corrected chi connectivity index (χ3v) is 6.24. The van der Waals surface area contributed by atoms with Crippen LogP contribution in [0.25, 0.3) is 0 Å². The van der Waals surface area contributed by atoms with Crippen molar-refractivity contribution in [3.05, 3.63) is 70.3 Å². The first-order valence-electron chi connectivity index (χ1n) is 10.2. The summed E-state index contributed by atoms with van der Waals surface area (Å²) < 4.78 is 0. The van der Waals surface area contributed by atoms with Gasteiger partial charge in [-0.1, -0.05) is 42.0 Å². The summed E-state index contributed by atoms with van der Waals surface area (Å²) in [5.41, 5.74) is 6.02. The number of fused-ring (bicyclic) bond motifs is 1. The molecule has 0 unspecified atom stereocenters. The van der Waals surface area contributed by atoms with E-state index in [9.17, 15) is 9.59 Å². The van der Waals surface area contributed by atoms with Crippen molar-refractivity contribution in [3.8, 4) is 0 Å². The van der Waals surface area contributed by atoms with Crippen LogP contribution in [-0.2, 0) is 23.4 Å². The SMILES string of the molecule is Cc1ccc(CSCCNC(=O)CCC(=O)c2ccc3c(c2)CCCC3)cc1. The smallest absolute Gasteiger partial charge is 0.220 e. The summed E-state index contributed by atoms with van der Waals surface area (Å²) in [7, 11) is 0. The number of rotatable bonds is 9. The molecule has 28 heavy (non-hydrogen) atoms. The van der Waals surface area contributed by atoms with Crippen molar-refractivity contribution in [3.63, 3.8) is 0 Å². The van der Waals surface area contributed by atoms with E-state index in [0.29, 0.717) is 6.54 Å². The van der Waals surface area contributed by atoms with Gasteiger partial charge in [-0.05, 0) is 55.4 Å². The Labute approximate surface area is 172 Å². The lowest BCUT2D eigenvalue weighted by molar-refractivity contribution is -0.120. The molecule has 2 aromatic carbocycles. The molecule has 0 aromatic heterocycles. The van der Waals surface area contributed by atoms with Crippen LogP contribution < -0.4 is 5.32 Å². The maximum atomic E-state index is 12.4. The molecule has 148 valence electrons. The molecule has 1 N–H and O–H groups in total. The van der Waals surface area contributed by atoms with Crippen molar-refractivity contribution < 1.29 is 9.59 Å². The fourth-order valence-corrected chi connectivity index (χ4v) is 4.32. The molecule has 0 heterocycles.